The zero-order valence-corrected chi connectivity index (χ0v) is 19.8. The third-order valence-electron chi connectivity index (χ3n) is 5.43. The van der Waals surface area contributed by atoms with E-state index in [2.05, 4.69) is 14.8 Å². The highest BCUT2D eigenvalue weighted by molar-refractivity contribution is 5.90. The molecule has 0 fully saturated rings. The molecule has 3 rings (SSSR count). The summed E-state index contributed by atoms with van der Waals surface area (Å²) >= 11 is 0. The summed E-state index contributed by atoms with van der Waals surface area (Å²) in [4.78, 5) is 27.9. The number of hydrogen-bond donors (Lipinski definition) is 0. The molecule has 0 saturated heterocycles. The van der Waals surface area contributed by atoms with Crippen LogP contribution in [0.5, 0.6) is 0 Å². The standard InChI is InChI=1S/C25H22F3N3O6/c1-16-19(22(32)35-14-17-9-5-3-6-10-17)13-21(37-16)20(30-31-29)15-36-23(33)24(34-2,25(26,27)28)18-11-7-4-8-12-18/h3-13,20H,14-15H2,1-2H3/t20?,24-/m0/s1. The average molecular weight is 517 g/mol. The van der Waals surface area contributed by atoms with Gasteiger partial charge in [-0.2, -0.15) is 13.2 Å². The Labute approximate surface area is 209 Å². The first-order valence-corrected chi connectivity index (χ1v) is 10.8. The molecule has 37 heavy (non-hydrogen) atoms. The zero-order chi connectivity index (χ0) is 27.1. The molecule has 0 aliphatic carbocycles. The van der Waals surface area contributed by atoms with E-state index in [0.29, 0.717) is 0 Å². The van der Waals surface area contributed by atoms with Gasteiger partial charge < -0.3 is 18.6 Å². The van der Waals surface area contributed by atoms with Crippen LogP contribution in [0.1, 0.15) is 39.0 Å². The van der Waals surface area contributed by atoms with Crippen molar-refractivity contribution < 1.29 is 41.4 Å². The minimum absolute atomic E-state index is 0.00690. The van der Waals surface area contributed by atoms with E-state index in [1.54, 1.807) is 24.3 Å². The van der Waals surface area contributed by atoms with E-state index >= 15 is 0 Å². The summed E-state index contributed by atoms with van der Waals surface area (Å²) in [6.07, 6.45) is -5.18. The lowest BCUT2D eigenvalue weighted by molar-refractivity contribution is -0.276. The topological polar surface area (TPSA) is 124 Å². The number of aryl methyl sites for hydroxylation is 1. The number of rotatable bonds is 10. The van der Waals surface area contributed by atoms with Gasteiger partial charge in [0.05, 0.1) is 0 Å². The fourth-order valence-electron chi connectivity index (χ4n) is 3.55. The molecular weight excluding hydrogens is 495 g/mol. The second-order valence-electron chi connectivity index (χ2n) is 7.75. The van der Waals surface area contributed by atoms with E-state index in [1.165, 1.54) is 31.2 Å². The van der Waals surface area contributed by atoms with Gasteiger partial charge in [-0.3, -0.25) is 0 Å². The number of ether oxygens (including phenoxy) is 3. The quantitative estimate of drug-likeness (QED) is 0.142. The molecule has 9 nitrogen and oxygen atoms in total. The third-order valence-corrected chi connectivity index (χ3v) is 5.43. The molecule has 1 heterocycles. The Balaban J connectivity index is 1.79. The Hall–Kier alpha value is -4.28. The van der Waals surface area contributed by atoms with Crippen molar-refractivity contribution in [2.45, 2.75) is 31.3 Å². The van der Waals surface area contributed by atoms with Crippen molar-refractivity contribution in [3.63, 3.8) is 0 Å². The maximum atomic E-state index is 14.1. The molecule has 0 saturated carbocycles. The number of hydrogen-bond acceptors (Lipinski definition) is 7. The van der Waals surface area contributed by atoms with E-state index in [9.17, 15) is 22.8 Å². The first-order chi connectivity index (χ1) is 17.6. The second-order valence-corrected chi connectivity index (χ2v) is 7.75. The van der Waals surface area contributed by atoms with Crippen molar-refractivity contribution in [1.82, 2.24) is 0 Å². The highest BCUT2D eigenvalue weighted by atomic mass is 19.4. The lowest BCUT2D eigenvalue weighted by Crippen LogP contribution is -2.51. The summed E-state index contributed by atoms with van der Waals surface area (Å²) in [6, 6.07) is 15.0. The number of azide groups is 1. The predicted molar refractivity (Wildman–Crippen MR) is 123 cm³/mol. The normalized spacial score (nSPS) is 13.6. The van der Waals surface area contributed by atoms with Gasteiger partial charge in [-0.05, 0) is 24.1 Å². The fraction of sp³-hybridized carbons (Fsp3) is 0.280. The first-order valence-electron chi connectivity index (χ1n) is 10.8. The summed E-state index contributed by atoms with van der Waals surface area (Å²) in [5, 5.41) is 3.45. The van der Waals surface area contributed by atoms with Crippen molar-refractivity contribution in [2.24, 2.45) is 5.11 Å². The van der Waals surface area contributed by atoms with Gasteiger partial charge in [-0.25, -0.2) is 9.59 Å². The van der Waals surface area contributed by atoms with Gasteiger partial charge in [-0.15, -0.1) is 0 Å². The Bertz CT molecular complexity index is 1270. The van der Waals surface area contributed by atoms with Crippen LogP contribution in [-0.4, -0.2) is 31.8 Å². The SMILES string of the molecule is CO[C@](C(=O)OCC(N=[N+]=[N-])c1cc(C(=O)OCc2ccccc2)c(C)o1)(c1ccccc1)C(F)(F)F. The van der Waals surface area contributed by atoms with Crippen molar-refractivity contribution >= 4 is 11.9 Å². The summed E-state index contributed by atoms with van der Waals surface area (Å²) in [5.74, 6) is -2.49. The number of carbonyl (C=O) groups excluding carboxylic acids is 2. The van der Waals surface area contributed by atoms with Crippen LogP contribution in [0.2, 0.25) is 0 Å². The maximum absolute atomic E-state index is 14.1. The van der Waals surface area contributed by atoms with Crippen LogP contribution < -0.4 is 0 Å². The summed E-state index contributed by atoms with van der Waals surface area (Å²) in [5.41, 5.74) is 5.81. The van der Waals surface area contributed by atoms with E-state index in [1.807, 2.05) is 6.07 Å². The van der Waals surface area contributed by atoms with Gasteiger partial charge in [0.25, 0.3) is 5.60 Å². The van der Waals surface area contributed by atoms with Crippen molar-refractivity contribution in [3.8, 4) is 0 Å². The molecule has 0 bridgehead atoms. The van der Waals surface area contributed by atoms with E-state index in [4.69, 9.17) is 19.4 Å². The molecule has 2 aromatic carbocycles. The minimum atomic E-state index is -5.18. The molecule has 12 heteroatoms. The summed E-state index contributed by atoms with van der Waals surface area (Å²) in [7, 11) is 0.732. The van der Waals surface area contributed by atoms with Crippen LogP contribution in [0.25, 0.3) is 10.4 Å². The molecule has 0 aliphatic rings. The molecule has 1 aromatic heterocycles. The fourth-order valence-corrected chi connectivity index (χ4v) is 3.55. The van der Waals surface area contributed by atoms with Crippen molar-refractivity contribution in [2.75, 3.05) is 13.7 Å². The molecule has 0 N–H and O–H groups in total. The Morgan fingerprint density at radius 1 is 1.05 bits per heavy atom. The van der Waals surface area contributed by atoms with Crippen molar-refractivity contribution in [1.29, 1.82) is 0 Å². The molecule has 0 aliphatic heterocycles. The number of benzene rings is 2. The molecule has 2 atom stereocenters. The smallest absolute Gasteiger partial charge is 0.432 e. The lowest BCUT2D eigenvalue weighted by atomic mass is 9.92. The average Bonchev–Trinajstić information content (AvgIpc) is 3.27. The number of furan rings is 1. The molecule has 0 spiro atoms. The van der Waals surface area contributed by atoms with Gasteiger partial charge in [0, 0.05) is 17.6 Å². The van der Waals surface area contributed by atoms with E-state index < -0.39 is 41.9 Å². The Kier molecular flexibility index (Phi) is 8.59. The van der Waals surface area contributed by atoms with Gasteiger partial charge in [0.15, 0.2) is 0 Å². The highest BCUT2D eigenvalue weighted by Crippen LogP contribution is 2.43. The van der Waals surface area contributed by atoms with Crippen LogP contribution in [0, 0.1) is 6.92 Å². The molecule has 3 aromatic rings. The van der Waals surface area contributed by atoms with Crippen molar-refractivity contribution in [3.05, 3.63) is 105 Å². The predicted octanol–water partition coefficient (Wildman–Crippen LogP) is 5.94. The lowest BCUT2D eigenvalue weighted by Gasteiger charge is -2.32. The van der Waals surface area contributed by atoms with Crippen LogP contribution in [0.15, 0.2) is 76.3 Å². The summed E-state index contributed by atoms with van der Waals surface area (Å²) < 4.78 is 62.6. The number of alkyl halides is 3. The van der Waals surface area contributed by atoms with Crippen LogP contribution >= 0.6 is 0 Å². The van der Waals surface area contributed by atoms with E-state index in [-0.39, 0.29) is 23.7 Å². The number of carbonyl (C=O) groups is 2. The van der Waals surface area contributed by atoms with Crippen LogP contribution in [0.4, 0.5) is 13.2 Å². The third kappa shape index (κ3) is 5.93. The van der Waals surface area contributed by atoms with Gasteiger partial charge >= 0.3 is 18.1 Å². The number of nitrogens with zero attached hydrogens (tertiary/aromatic N) is 3. The second kappa shape index (κ2) is 11.6. The molecular formula is C25H22F3N3O6. The maximum Gasteiger partial charge on any atom is 0.432 e. The largest absolute Gasteiger partial charge is 0.465 e. The first kappa shape index (κ1) is 27.3. The molecule has 1 unspecified atom stereocenters. The van der Waals surface area contributed by atoms with E-state index in [0.717, 1.165) is 24.8 Å². The Morgan fingerprint density at radius 2 is 1.68 bits per heavy atom. The zero-order valence-electron chi connectivity index (χ0n) is 19.8. The monoisotopic (exact) mass is 517 g/mol. The summed E-state index contributed by atoms with van der Waals surface area (Å²) in [6.45, 7) is 0.631. The Morgan fingerprint density at radius 3 is 2.24 bits per heavy atom. The minimum Gasteiger partial charge on any atom is -0.465 e. The van der Waals surface area contributed by atoms with Gasteiger partial charge in [0.1, 0.15) is 36.3 Å². The van der Waals surface area contributed by atoms with Crippen LogP contribution in [-0.2, 0) is 31.2 Å². The molecule has 194 valence electrons. The highest BCUT2D eigenvalue weighted by Gasteiger charge is 2.64. The van der Waals surface area contributed by atoms with Crippen LogP contribution in [0.3, 0.4) is 0 Å². The van der Waals surface area contributed by atoms with Gasteiger partial charge in [0.2, 0.25) is 0 Å². The number of halogens is 3. The molecule has 0 radical (unpaired) electrons. The van der Waals surface area contributed by atoms with Gasteiger partial charge in [-0.1, -0.05) is 65.8 Å². The number of esters is 2. The molecule has 0 amide bonds. The number of methoxy groups -OCH3 is 1.